The van der Waals surface area contributed by atoms with E-state index in [0.29, 0.717) is 0 Å². The third-order valence-corrected chi connectivity index (χ3v) is 4.64. The van der Waals surface area contributed by atoms with E-state index in [4.69, 9.17) is 5.73 Å². The predicted octanol–water partition coefficient (Wildman–Crippen LogP) is 4.58. The number of anilines is 2. The summed E-state index contributed by atoms with van der Waals surface area (Å²) in [7, 11) is 0. The van der Waals surface area contributed by atoms with Gasteiger partial charge in [0.1, 0.15) is 0 Å². The zero-order chi connectivity index (χ0) is 13.1. The van der Waals surface area contributed by atoms with E-state index in [9.17, 15) is 0 Å². The molecular formula is C15H23BrN2. The molecule has 1 aliphatic carbocycles. The number of aryl methyl sites for hydroxylation is 1. The van der Waals surface area contributed by atoms with Gasteiger partial charge < -0.3 is 11.1 Å². The molecule has 1 aliphatic rings. The quantitative estimate of drug-likeness (QED) is 0.802. The van der Waals surface area contributed by atoms with E-state index in [1.54, 1.807) is 0 Å². The van der Waals surface area contributed by atoms with Crippen LogP contribution in [-0.2, 0) is 0 Å². The first-order chi connectivity index (χ1) is 8.56. The van der Waals surface area contributed by atoms with Crippen molar-refractivity contribution in [3.05, 3.63) is 22.2 Å². The molecule has 1 fully saturated rings. The van der Waals surface area contributed by atoms with E-state index in [-0.39, 0.29) is 0 Å². The standard InChI is InChI=1S/C15H23BrN2/c1-10-4-3-5-12(6-10)9-18-15-7-11(2)14(17)8-13(15)16/h7-8,10,12,18H,3-6,9,17H2,1-2H3. The number of hydrogen-bond donors (Lipinski definition) is 2. The van der Waals surface area contributed by atoms with Crippen molar-refractivity contribution in [2.45, 2.75) is 39.5 Å². The van der Waals surface area contributed by atoms with E-state index in [1.807, 2.05) is 6.07 Å². The van der Waals surface area contributed by atoms with Crippen LogP contribution in [0.2, 0.25) is 0 Å². The highest BCUT2D eigenvalue weighted by molar-refractivity contribution is 9.10. The molecule has 0 bridgehead atoms. The van der Waals surface area contributed by atoms with E-state index in [0.717, 1.165) is 34.1 Å². The molecule has 2 rings (SSSR count). The van der Waals surface area contributed by atoms with Crippen molar-refractivity contribution in [3.63, 3.8) is 0 Å². The summed E-state index contributed by atoms with van der Waals surface area (Å²) in [6, 6.07) is 4.12. The summed E-state index contributed by atoms with van der Waals surface area (Å²) in [4.78, 5) is 0. The third-order valence-electron chi connectivity index (χ3n) is 3.98. The van der Waals surface area contributed by atoms with Gasteiger partial charge in [0, 0.05) is 22.4 Å². The Bertz CT molecular complexity index is 417. The van der Waals surface area contributed by atoms with Gasteiger partial charge in [-0.05, 0) is 65.2 Å². The third kappa shape index (κ3) is 3.41. The highest BCUT2D eigenvalue weighted by Gasteiger charge is 2.18. The second-order valence-corrected chi connectivity index (χ2v) is 6.56. The monoisotopic (exact) mass is 310 g/mol. The molecule has 0 spiro atoms. The molecular weight excluding hydrogens is 288 g/mol. The number of nitrogens with one attached hydrogen (secondary N) is 1. The van der Waals surface area contributed by atoms with E-state index >= 15 is 0 Å². The average Bonchev–Trinajstić information content (AvgIpc) is 2.32. The molecule has 3 heteroatoms. The molecule has 1 saturated carbocycles. The molecule has 0 amide bonds. The van der Waals surface area contributed by atoms with Gasteiger partial charge in [0.05, 0.1) is 0 Å². The maximum atomic E-state index is 5.89. The lowest BCUT2D eigenvalue weighted by Crippen LogP contribution is -2.21. The van der Waals surface area contributed by atoms with Crippen molar-refractivity contribution in [2.75, 3.05) is 17.6 Å². The lowest BCUT2D eigenvalue weighted by Gasteiger charge is -2.27. The van der Waals surface area contributed by atoms with Crippen molar-refractivity contribution in [1.29, 1.82) is 0 Å². The highest BCUT2D eigenvalue weighted by Crippen LogP contribution is 2.31. The largest absolute Gasteiger partial charge is 0.398 e. The Kier molecular flexibility index (Phi) is 4.55. The fourth-order valence-electron chi connectivity index (χ4n) is 2.83. The summed E-state index contributed by atoms with van der Waals surface area (Å²) >= 11 is 3.58. The van der Waals surface area contributed by atoms with Crippen LogP contribution in [-0.4, -0.2) is 6.54 Å². The van der Waals surface area contributed by atoms with Crippen molar-refractivity contribution >= 4 is 27.3 Å². The molecule has 100 valence electrons. The highest BCUT2D eigenvalue weighted by atomic mass is 79.9. The number of nitrogen functional groups attached to an aromatic ring is 1. The van der Waals surface area contributed by atoms with Crippen LogP contribution in [0.15, 0.2) is 16.6 Å². The summed E-state index contributed by atoms with van der Waals surface area (Å²) in [5.74, 6) is 1.71. The van der Waals surface area contributed by atoms with Gasteiger partial charge in [0.15, 0.2) is 0 Å². The Morgan fingerprint density at radius 3 is 2.89 bits per heavy atom. The summed E-state index contributed by atoms with van der Waals surface area (Å²) in [6.07, 6.45) is 5.51. The maximum absolute atomic E-state index is 5.89. The van der Waals surface area contributed by atoms with Crippen molar-refractivity contribution in [3.8, 4) is 0 Å². The van der Waals surface area contributed by atoms with Gasteiger partial charge in [-0.1, -0.05) is 19.8 Å². The van der Waals surface area contributed by atoms with Crippen LogP contribution in [0.3, 0.4) is 0 Å². The molecule has 0 aliphatic heterocycles. The lowest BCUT2D eigenvalue weighted by atomic mass is 9.82. The Morgan fingerprint density at radius 1 is 1.39 bits per heavy atom. The van der Waals surface area contributed by atoms with Crippen molar-refractivity contribution in [2.24, 2.45) is 11.8 Å². The molecule has 1 aromatic rings. The maximum Gasteiger partial charge on any atom is 0.0488 e. The Morgan fingerprint density at radius 2 is 2.17 bits per heavy atom. The van der Waals surface area contributed by atoms with Crippen molar-refractivity contribution < 1.29 is 0 Å². The fourth-order valence-corrected chi connectivity index (χ4v) is 3.33. The van der Waals surface area contributed by atoms with Crippen LogP contribution < -0.4 is 11.1 Å². The molecule has 1 aromatic carbocycles. The molecule has 2 atom stereocenters. The first-order valence-electron chi connectivity index (χ1n) is 6.85. The number of nitrogens with two attached hydrogens (primary N) is 1. The summed E-state index contributed by atoms with van der Waals surface area (Å²) < 4.78 is 1.06. The molecule has 0 heterocycles. The van der Waals surface area contributed by atoms with E-state index < -0.39 is 0 Å². The van der Waals surface area contributed by atoms with Crippen LogP contribution >= 0.6 is 15.9 Å². The molecule has 0 aromatic heterocycles. The Balaban J connectivity index is 1.95. The SMILES string of the molecule is Cc1cc(NCC2CCCC(C)C2)c(Br)cc1N. The first kappa shape index (κ1) is 13.7. The molecule has 18 heavy (non-hydrogen) atoms. The number of rotatable bonds is 3. The van der Waals surface area contributed by atoms with Crippen LogP contribution in [0.25, 0.3) is 0 Å². The normalized spacial score (nSPS) is 23.9. The Hall–Kier alpha value is -0.700. The van der Waals surface area contributed by atoms with Crippen LogP contribution in [0.5, 0.6) is 0 Å². The van der Waals surface area contributed by atoms with Gasteiger partial charge >= 0.3 is 0 Å². The molecule has 2 nitrogen and oxygen atoms in total. The summed E-state index contributed by atoms with van der Waals surface area (Å²) in [6.45, 7) is 5.50. The number of benzene rings is 1. The van der Waals surface area contributed by atoms with Gasteiger partial charge in [-0.15, -0.1) is 0 Å². The smallest absolute Gasteiger partial charge is 0.0488 e. The van der Waals surface area contributed by atoms with Gasteiger partial charge in [-0.25, -0.2) is 0 Å². The lowest BCUT2D eigenvalue weighted by molar-refractivity contribution is 0.293. The van der Waals surface area contributed by atoms with Crippen LogP contribution in [0, 0.1) is 18.8 Å². The molecule has 0 saturated heterocycles. The minimum absolute atomic E-state index is 0.818. The van der Waals surface area contributed by atoms with Crippen LogP contribution in [0.4, 0.5) is 11.4 Å². The molecule has 0 radical (unpaired) electrons. The fraction of sp³-hybridized carbons (Fsp3) is 0.600. The average molecular weight is 311 g/mol. The van der Waals surface area contributed by atoms with Crippen molar-refractivity contribution in [1.82, 2.24) is 0 Å². The van der Waals surface area contributed by atoms with E-state index in [2.05, 4.69) is 41.2 Å². The zero-order valence-electron chi connectivity index (χ0n) is 11.3. The first-order valence-corrected chi connectivity index (χ1v) is 7.65. The number of halogens is 1. The van der Waals surface area contributed by atoms with E-state index in [1.165, 1.54) is 31.4 Å². The van der Waals surface area contributed by atoms with Gasteiger partial charge in [0.2, 0.25) is 0 Å². The molecule has 3 N–H and O–H groups in total. The minimum atomic E-state index is 0.818. The summed E-state index contributed by atoms with van der Waals surface area (Å²) in [5.41, 5.74) is 9.04. The molecule has 2 unspecified atom stereocenters. The second kappa shape index (κ2) is 5.96. The topological polar surface area (TPSA) is 38.0 Å². The Labute approximate surface area is 118 Å². The minimum Gasteiger partial charge on any atom is -0.398 e. The summed E-state index contributed by atoms with van der Waals surface area (Å²) in [5, 5.41) is 3.57. The predicted molar refractivity (Wildman–Crippen MR) is 82.9 cm³/mol. The van der Waals surface area contributed by atoms with Gasteiger partial charge in [-0.3, -0.25) is 0 Å². The second-order valence-electron chi connectivity index (χ2n) is 5.71. The van der Waals surface area contributed by atoms with Crippen LogP contribution in [0.1, 0.15) is 38.2 Å². The van der Waals surface area contributed by atoms with Gasteiger partial charge in [0.25, 0.3) is 0 Å². The number of hydrogen-bond acceptors (Lipinski definition) is 2. The zero-order valence-corrected chi connectivity index (χ0v) is 12.9. The van der Waals surface area contributed by atoms with Gasteiger partial charge in [-0.2, -0.15) is 0 Å².